The first kappa shape index (κ1) is 9.13. The fraction of sp³-hybridized carbons (Fsp3) is 0.714. The smallest absolute Gasteiger partial charge is 0.156 e. The van der Waals surface area contributed by atoms with E-state index in [-0.39, 0.29) is 5.50 Å². The summed E-state index contributed by atoms with van der Waals surface area (Å²) in [5.41, 5.74) is 0.116. The van der Waals surface area contributed by atoms with Crippen LogP contribution in [0.25, 0.3) is 0 Å². The molecule has 0 aromatic rings. The molecule has 2 nitrogen and oxygen atoms in total. The van der Waals surface area contributed by atoms with Gasteiger partial charge >= 0.3 is 0 Å². The van der Waals surface area contributed by atoms with Gasteiger partial charge in [0.25, 0.3) is 0 Å². The van der Waals surface area contributed by atoms with Crippen LogP contribution in [0.4, 0.5) is 0 Å². The van der Waals surface area contributed by atoms with E-state index in [2.05, 4.69) is 37.3 Å². The van der Waals surface area contributed by atoms with Crippen LogP contribution >= 0.6 is 25.4 Å². The minimum absolute atomic E-state index is 0.116. The van der Waals surface area contributed by atoms with Crippen LogP contribution in [-0.2, 0) is 0 Å². The Morgan fingerprint density at radius 3 is 2.64 bits per heavy atom. The van der Waals surface area contributed by atoms with Gasteiger partial charge in [-0.2, -0.15) is 0 Å². The van der Waals surface area contributed by atoms with Crippen molar-refractivity contribution in [1.29, 1.82) is 0 Å². The molecule has 0 fully saturated rings. The van der Waals surface area contributed by atoms with Crippen molar-refractivity contribution in [3.05, 3.63) is 12.4 Å². The number of unbranched alkanes of at least 4 members (excludes halogenated alkanes) is 1. The van der Waals surface area contributed by atoms with Gasteiger partial charge in [-0.25, -0.2) is 0 Å². The lowest BCUT2D eigenvalue weighted by Crippen LogP contribution is -2.29. The zero-order valence-electron chi connectivity index (χ0n) is 6.64. The lowest BCUT2D eigenvalue weighted by molar-refractivity contribution is 0.312. The number of thiol groups is 2. The molecular formula is C7H14N2S2. The number of hydrogen-bond acceptors (Lipinski definition) is 4. The van der Waals surface area contributed by atoms with Gasteiger partial charge in [0.15, 0.2) is 5.50 Å². The molecule has 0 aromatic carbocycles. The lowest BCUT2D eigenvalue weighted by atomic mass is 10.3. The maximum atomic E-state index is 4.37. The van der Waals surface area contributed by atoms with Crippen LogP contribution < -0.4 is 0 Å². The van der Waals surface area contributed by atoms with E-state index in [0.717, 1.165) is 6.54 Å². The highest BCUT2D eigenvalue weighted by Crippen LogP contribution is 2.20. The second kappa shape index (κ2) is 4.16. The molecule has 11 heavy (non-hydrogen) atoms. The SMILES string of the molecule is CCCCN1C=CN(S)C1S. The highest BCUT2D eigenvalue weighted by Gasteiger charge is 2.18. The summed E-state index contributed by atoms with van der Waals surface area (Å²) < 4.78 is 1.79. The summed E-state index contributed by atoms with van der Waals surface area (Å²) in [4.78, 5) is 2.17. The number of hydrogen-bond donors (Lipinski definition) is 2. The maximum absolute atomic E-state index is 4.37. The first-order valence-electron chi connectivity index (χ1n) is 3.85. The summed E-state index contributed by atoms with van der Waals surface area (Å²) in [7, 11) is 0. The Labute approximate surface area is 79.2 Å². The van der Waals surface area contributed by atoms with Crippen molar-refractivity contribution in [2.75, 3.05) is 6.54 Å². The second-order valence-electron chi connectivity index (χ2n) is 2.62. The molecule has 4 heteroatoms. The first-order chi connectivity index (χ1) is 5.25. The molecule has 0 saturated carbocycles. The van der Waals surface area contributed by atoms with E-state index in [1.807, 2.05) is 12.4 Å². The van der Waals surface area contributed by atoms with Gasteiger partial charge in [-0.05, 0) is 6.42 Å². The van der Waals surface area contributed by atoms with Crippen molar-refractivity contribution < 1.29 is 0 Å². The Morgan fingerprint density at radius 2 is 2.18 bits per heavy atom. The Hall–Kier alpha value is 0.0400. The van der Waals surface area contributed by atoms with Crippen molar-refractivity contribution in [1.82, 2.24) is 9.21 Å². The van der Waals surface area contributed by atoms with Gasteiger partial charge in [-0.3, -0.25) is 4.31 Å². The molecule has 0 bridgehead atoms. The van der Waals surface area contributed by atoms with E-state index < -0.39 is 0 Å². The van der Waals surface area contributed by atoms with Crippen LogP contribution in [0.2, 0.25) is 0 Å². The third-order valence-corrected chi connectivity index (χ3v) is 2.79. The summed E-state index contributed by atoms with van der Waals surface area (Å²) in [6.07, 6.45) is 6.39. The number of rotatable bonds is 3. The third kappa shape index (κ3) is 2.24. The van der Waals surface area contributed by atoms with Crippen molar-refractivity contribution in [3.8, 4) is 0 Å². The average molecular weight is 190 g/mol. The van der Waals surface area contributed by atoms with E-state index in [1.165, 1.54) is 12.8 Å². The fourth-order valence-corrected chi connectivity index (χ4v) is 1.45. The fourth-order valence-electron chi connectivity index (χ4n) is 0.991. The minimum atomic E-state index is 0.116. The van der Waals surface area contributed by atoms with Gasteiger partial charge in [0, 0.05) is 18.9 Å². The van der Waals surface area contributed by atoms with Crippen LogP contribution in [0.1, 0.15) is 19.8 Å². The predicted molar refractivity (Wildman–Crippen MR) is 54.4 cm³/mol. The molecule has 1 atom stereocenters. The van der Waals surface area contributed by atoms with Gasteiger partial charge in [-0.1, -0.05) is 26.2 Å². The molecular weight excluding hydrogens is 176 g/mol. The van der Waals surface area contributed by atoms with Gasteiger partial charge in [0.1, 0.15) is 0 Å². The van der Waals surface area contributed by atoms with Crippen LogP contribution in [0.5, 0.6) is 0 Å². The Bertz CT molecular complexity index is 149. The second-order valence-corrected chi connectivity index (χ2v) is 3.54. The third-order valence-electron chi connectivity index (χ3n) is 1.71. The molecule has 0 spiro atoms. The molecule has 0 radical (unpaired) electrons. The molecule has 1 rings (SSSR count). The number of nitrogens with zero attached hydrogens (tertiary/aromatic N) is 2. The topological polar surface area (TPSA) is 6.48 Å². The lowest BCUT2D eigenvalue weighted by Gasteiger charge is -2.24. The van der Waals surface area contributed by atoms with Crippen LogP contribution in [0.3, 0.4) is 0 Å². The maximum Gasteiger partial charge on any atom is 0.156 e. The molecule has 0 amide bonds. The summed E-state index contributed by atoms with van der Waals surface area (Å²) in [6.45, 7) is 3.25. The minimum Gasteiger partial charge on any atom is -0.347 e. The predicted octanol–water partition coefficient (Wildman–Crippen LogP) is 1.93. The highest BCUT2D eigenvalue weighted by atomic mass is 32.1. The zero-order chi connectivity index (χ0) is 8.27. The van der Waals surface area contributed by atoms with Gasteiger partial charge in [0.2, 0.25) is 0 Å². The van der Waals surface area contributed by atoms with Crippen LogP contribution in [-0.4, -0.2) is 21.2 Å². The Morgan fingerprint density at radius 1 is 1.45 bits per heavy atom. The summed E-state index contributed by atoms with van der Waals surface area (Å²) >= 11 is 8.57. The van der Waals surface area contributed by atoms with Crippen LogP contribution in [0.15, 0.2) is 12.4 Å². The summed E-state index contributed by atoms with van der Waals surface area (Å²) in [5.74, 6) is 0. The normalized spacial score (nSPS) is 23.4. The van der Waals surface area contributed by atoms with Gasteiger partial charge < -0.3 is 4.90 Å². The molecule has 1 heterocycles. The highest BCUT2D eigenvalue weighted by molar-refractivity contribution is 7.83. The molecule has 1 aliphatic rings. The largest absolute Gasteiger partial charge is 0.347 e. The first-order valence-corrected chi connectivity index (χ1v) is 4.76. The van der Waals surface area contributed by atoms with Crippen molar-refractivity contribution in [3.63, 3.8) is 0 Å². The van der Waals surface area contributed by atoms with E-state index in [0.29, 0.717) is 0 Å². The molecule has 64 valence electrons. The van der Waals surface area contributed by atoms with Gasteiger partial charge in [-0.15, -0.1) is 12.6 Å². The molecule has 0 saturated heterocycles. The van der Waals surface area contributed by atoms with E-state index in [1.54, 1.807) is 4.31 Å². The van der Waals surface area contributed by atoms with E-state index in [9.17, 15) is 0 Å². The molecule has 1 aliphatic heterocycles. The van der Waals surface area contributed by atoms with Crippen molar-refractivity contribution in [2.24, 2.45) is 0 Å². The molecule has 0 N–H and O–H groups in total. The Kier molecular flexibility index (Phi) is 3.45. The molecule has 1 unspecified atom stereocenters. The summed E-state index contributed by atoms with van der Waals surface area (Å²) in [6, 6.07) is 0. The molecule has 0 aliphatic carbocycles. The monoisotopic (exact) mass is 190 g/mol. The zero-order valence-corrected chi connectivity index (χ0v) is 8.43. The van der Waals surface area contributed by atoms with E-state index >= 15 is 0 Å². The quantitative estimate of drug-likeness (QED) is 0.657. The summed E-state index contributed by atoms with van der Waals surface area (Å²) in [5, 5.41) is 0. The average Bonchev–Trinajstić information content (AvgIpc) is 2.31. The van der Waals surface area contributed by atoms with Gasteiger partial charge in [0.05, 0.1) is 0 Å². The van der Waals surface area contributed by atoms with Crippen molar-refractivity contribution in [2.45, 2.75) is 25.3 Å². The molecule has 0 aromatic heterocycles. The van der Waals surface area contributed by atoms with Crippen LogP contribution in [0, 0.1) is 0 Å². The Balaban J connectivity index is 2.31. The van der Waals surface area contributed by atoms with Crippen molar-refractivity contribution >= 4 is 25.4 Å². The standard InChI is InChI=1S/C7H14N2S2/c1-2-3-4-8-5-6-9(11)7(8)10/h5-7,10-11H,2-4H2,1H3. The van der Waals surface area contributed by atoms with E-state index in [4.69, 9.17) is 0 Å².